The van der Waals surface area contributed by atoms with Crippen LogP contribution in [0.1, 0.15) is 37.2 Å². The molecule has 0 saturated carbocycles. The molecular weight excluding hydrogens is 456 g/mol. The number of para-hydroxylation sites is 1. The van der Waals surface area contributed by atoms with Crippen molar-refractivity contribution in [2.75, 3.05) is 33.5 Å². The Morgan fingerprint density at radius 3 is 2.49 bits per heavy atom. The molecule has 0 radical (unpaired) electrons. The summed E-state index contributed by atoms with van der Waals surface area (Å²) in [6, 6.07) is 24.5. The molecule has 5 rings (SSSR count). The smallest absolute Gasteiger partial charge is 0.231 e. The van der Waals surface area contributed by atoms with Gasteiger partial charge in [0, 0.05) is 11.4 Å². The summed E-state index contributed by atoms with van der Waals surface area (Å²) in [6.07, 6.45) is 5.06. The lowest BCUT2D eigenvalue weighted by molar-refractivity contribution is 0.174. The van der Waals surface area contributed by atoms with E-state index < -0.39 is 0 Å². The molecule has 0 aliphatic carbocycles. The molecule has 184 valence electrons. The van der Waals surface area contributed by atoms with E-state index in [9.17, 15) is 0 Å². The third-order valence-corrected chi connectivity index (χ3v) is 7.77. The minimum atomic E-state index is 0.317. The summed E-state index contributed by atoms with van der Waals surface area (Å²) in [7, 11) is 2.23. The first-order chi connectivity index (χ1) is 17.2. The normalized spacial score (nSPS) is 16.8. The lowest BCUT2D eigenvalue weighted by Crippen LogP contribution is -2.30. The third-order valence-electron chi connectivity index (χ3n) is 6.95. The van der Waals surface area contributed by atoms with Crippen LogP contribution in [0, 0.1) is 5.92 Å². The van der Waals surface area contributed by atoms with Gasteiger partial charge >= 0.3 is 0 Å². The average Bonchev–Trinajstić information content (AvgIpc) is 3.37. The zero-order chi connectivity index (χ0) is 23.9. The molecule has 5 nitrogen and oxygen atoms in total. The molecule has 1 N–H and O–H groups in total. The number of hydrogen-bond acceptors (Lipinski definition) is 6. The first-order valence-corrected chi connectivity index (χ1v) is 13.4. The van der Waals surface area contributed by atoms with Gasteiger partial charge in [-0.25, -0.2) is 0 Å². The number of hydrogen-bond donors (Lipinski definition) is 1. The number of fused-ring (bicyclic) bond motifs is 1. The number of ether oxygens (including phenoxy) is 3. The van der Waals surface area contributed by atoms with Gasteiger partial charge in [-0.2, -0.15) is 0 Å². The second-order valence-corrected chi connectivity index (χ2v) is 10.4. The van der Waals surface area contributed by atoms with Crippen molar-refractivity contribution in [1.82, 2.24) is 9.62 Å². The van der Waals surface area contributed by atoms with Crippen molar-refractivity contribution in [1.29, 1.82) is 0 Å². The molecule has 35 heavy (non-hydrogen) atoms. The number of likely N-dealkylation sites (tertiary alicyclic amines) is 1. The number of rotatable bonds is 10. The Labute approximate surface area is 212 Å². The van der Waals surface area contributed by atoms with Crippen LogP contribution < -0.4 is 18.9 Å². The first-order valence-electron chi connectivity index (χ1n) is 12.5. The number of benzene rings is 3. The highest BCUT2D eigenvalue weighted by atomic mass is 32.2. The standard InChI is InChI=1S/C29H34N2O3S/c1-31-17-15-22(16-18-31)7-8-24(23-9-14-28-29(19-23)33-21-32-28)20-30-35-27-12-10-26(11-13-27)34-25-5-3-2-4-6-25/h2-6,9-14,19,22,24,30H,7-8,15-18,20-21H2,1H3. The Balaban J connectivity index is 1.17. The Kier molecular flexibility index (Phi) is 8.14. The fourth-order valence-corrected chi connectivity index (χ4v) is 5.49. The fraction of sp³-hybridized carbons (Fsp3) is 0.379. The van der Waals surface area contributed by atoms with E-state index in [1.807, 2.05) is 42.5 Å². The Morgan fingerprint density at radius 2 is 1.69 bits per heavy atom. The van der Waals surface area contributed by atoms with Crippen molar-refractivity contribution >= 4 is 11.9 Å². The maximum Gasteiger partial charge on any atom is 0.231 e. The summed E-state index contributed by atoms with van der Waals surface area (Å²) >= 11 is 1.68. The van der Waals surface area contributed by atoms with Crippen LogP contribution >= 0.6 is 11.9 Å². The summed E-state index contributed by atoms with van der Waals surface area (Å²) in [5.74, 6) is 4.67. The van der Waals surface area contributed by atoms with E-state index in [4.69, 9.17) is 14.2 Å². The maximum absolute atomic E-state index is 5.91. The molecule has 1 unspecified atom stereocenters. The van der Waals surface area contributed by atoms with Gasteiger partial charge in [0.25, 0.3) is 0 Å². The first kappa shape index (κ1) is 24.0. The van der Waals surface area contributed by atoms with Crippen molar-refractivity contribution in [3.8, 4) is 23.0 Å². The van der Waals surface area contributed by atoms with Crippen molar-refractivity contribution in [2.45, 2.75) is 36.5 Å². The molecular formula is C29H34N2O3S. The van der Waals surface area contributed by atoms with Gasteiger partial charge in [-0.15, -0.1) is 0 Å². The summed E-state index contributed by atoms with van der Waals surface area (Å²) < 4.78 is 20.7. The van der Waals surface area contributed by atoms with E-state index in [2.05, 4.69) is 47.0 Å². The molecule has 2 heterocycles. The van der Waals surface area contributed by atoms with Crippen LogP contribution in [-0.2, 0) is 0 Å². The molecule has 3 aromatic rings. The lowest BCUT2D eigenvalue weighted by Gasteiger charge is -2.30. The predicted molar refractivity (Wildman–Crippen MR) is 142 cm³/mol. The number of nitrogens with one attached hydrogen (secondary N) is 1. The molecule has 2 aliphatic rings. The van der Waals surface area contributed by atoms with Gasteiger partial charge in [0.1, 0.15) is 11.5 Å². The molecule has 0 bridgehead atoms. The molecule has 3 aromatic carbocycles. The monoisotopic (exact) mass is 490 g/mol. The van der Waals surface area contributed by atoms with E-state index in [1.54, 1.807) is 11.9 Å². The predicted octanol–water partition coefficient (Wildman–Crippen LogP) is 6.71. The second-order valence-electron chi connectivity index (χ2n) is 9.47. The third kappa shape index (κ3) is 6.72. The molecule has 6 heteroatoms. The summed E-state index contributed by atoms with van der Waals surface area (Å²) in [4.78, 5) is 3.62. The van der Waals surface area contributed by atoms with Gasteiger partial charge in [-0.3, -0.25) is 4.72 Å². The van der Waals surface area contributed by atoms with E-state index in [-0.39, 0.29) is 0 Å². The summed E-state index contributed by atoms with van der Waals surface area (Å²) in [5.41, 5.74) is 1.32. The van der Waals surface area contributed by atoms with Crippen molar-refractivity contribution in [3.05, 3.63) is 78.4 Å². The maximum atomic E-state index is 5.91. The Hall–Kier alpha value is -2.67. The zero-order valence-electron chi connectivity index (χ0n) is 20.3. The quantitative estimate of drug-likeness (QED) is 0.319. The number of piperidine rings is 1. The van der Waals surface area contributed by atoms with E-state index in [1.165, 1.54) is 49.2 Å². The molecule has 0 spiro atoms. The second kappa shape index (κ2) is 11.8. The zero-order valence-corrected chi connectivity index (χ0v) is 21.1. The van der Waals surface area contributed by atoms with E-state index in [0.717, 1.165) is 35.5 Å². The van der Waals surface area contributed by atoms with Gasteiger partial charge in [0.05, 0.1) is 0 Å². The summed E-state index contributed by atoms with van der Waals surface area (Å²) in [5, 5.41) is 0. The van der Waals surface area contributed by atoms with Crippen molar-refractivity contribution in [2.24, 2.45) is 5.92 Å². The highest BCUT2D eigenvalue weighted by molar-refractivity contribution is 7.97. The lowest BCUT2D eigenvalue weighted by atomic mass is 9.86. The minimum Gasteiger partial charge on any atom is -0.457 e. The fourth-order valence-electron chi connectivity index (χ4n) is 4.77. The van der Waals surface area contributed by atoms with Crippen LogP contribution in [0.4, 0.5) is 0 Å². The van der Waals surface area contributed by atoms with Gasteiger partial charge in [0.15, 0.2) is 11.5 Å². The minimum absolute atomic E-state index is 0.317. The summed E-state index contributed by atoms with van der Waals surface area (Å²) in [6.45, 7) is 3.66. The number of nitrogens with zero attached hydrogens (tertiary/aromatic N) is 1. The van der Waals surface area contributed by atoms with Crippen LogP contribution in [0.15, 0.2) is 77.7 Å². The Morgan fingerprint density at radius 1 is 0.943 bits per heavy atom. The highest BCUT2D eigenvalue weighted by Crippen LogP contribution is 2.37. The van der Waals surface area contributed by atoms with Crippen LogP contribution in [-0.4, -0.2) is 38.4 Å². The van der Waals surface area contributed by atoms with Crippen LogP contribution in [0.2, 0.25) is 0 Å². The van der Waals surface area contributed by atoms with Crippen molar-refractivity contribution in [3.63, 3.8) is 0 Å². The van der Waals surface area contributed by atoms with Crippen LogP contribution in [0.3, 0.4) is 0 Å². The average molecular weight is 491 g/mol. The molecule has 2 aliphatic heterocycles. The van der Waals surface area contributed by atoms with Crippen LogP contribution in [0.25, 0.3) is 0 Å². The Bertz CT molecular complexity index is 1070. The van der Waals surface area contributed by atoms with Gasteiger partial charge in [-0.05, 0) is 124 Å². The topological polar surface area (TPSA) is 43.0 Å². The molecule has 1 saturated heterocycles. The van der Waals surface area contributed by atoms with Gasteiger partial charge in [-0.1, -0.05) is 24.3 Å². The van der Waals surface area contributed by atoms with E-state index >= 15 is 0 Å². The molecule has 0 aromatic heterocycles. The van der Waals surface area contributed by atoms with E-state index in [0.29, 0.717) is 12.7 Å². The van der Waals surface area contributed by atoms with Crippen LogP contribution in [0.5, 0.6) is 23.0 Å². The van der Waals surface area contributed by atoms with Crippen molar-refractivity contribution < 1.29 is 14.2 Å². The molecule has 0 amide bonds. The highest BCUT2D eigenvalue weighted by Gasteiger charge is 2.21. The molecule has 1 atom stereocenters. The largest absolute Gasteiger partial charge is 0.457 e. The SMILES string of the molecule is CN1CCC(CCC(CNSc2ccc(Oc3ccccc3)cc2)c2ccc3c(c2)OCO3)CC1. The van der Waals surface area contributed by atoms with Gasteiger partial charge < -0.3 is 19.1 Å². The van der Waals surface area contributed by atoms with Gasteiger partial charge in [0.2, 0.25) is 6.79 Å². The molecule has 1 fully saturated rings.